The van der Waals surface area contributed by atoms with Gasteiger partial charge >= 0.3 is 0 Å². The zero-order valence-corrected chi connectivity index (χ0v) is 8.82. The van der Waals surface area contributed by atoms with Crippen molar-refractivity contribution in [3.05, 3.63) is 26.9 Å². The fraction of sp³-hybridized carbons (Fsp3) is 0.556. The average Bonchev–Trinajstić information content (AvgIpc) is 2.67. The highest BCUT2D eigenvalue weighted by atomic mass is 32.1. The molecule has 0 spiro atoms. The predicted molar refractivity (Wildman–Crippen MR) is 55.1 cm³/mol. The molecule has 0 aromatic carbocycles. The number of hydrogen-bond acceptors (Lipinski definition) is 3. The number of aromatic amines is 2. The Hall–Kier alpha value is -1.01. The molecule has 1 aliphatic heterocycles. The van der Waals surface area contributed by atoms with E-state index in [9.17, 15) is 9.18 Å². The lowest BCUT2D eigenvalue weighted by molar-refractivity contribution is -0.0207. The number of rotatable bonds is 2. The molecule has 1 fully saturated rings. The fourth-order valence-corrected chi connectivity index (χ4v) is 1.99. The molecule has 2 heterocycles. The Kier molecular flexibility index (Phi) is 2.70. The maximum atomic E-state index is 13.0. The second-order valence-electron chi connectivity index (χ2n) is 3.57. The first-order chi connectivity index (χ1) is 7.18. The van der Waals surface area contributed by atoms with Crippen molar-refractivity contribution in [3.63, 3.8) is 0 Å². The number of halogens is 1. The number of alkyl halides is 1. The van der Waals surface area contributed by atoms with Crippen molar-refractivity contribution in [2.24, 2.45) is 0 Å². The zero-order chi connectivity index (χ0) is 10.9. The van der Waals surface area contributed by atoms with Crippen LogP contribution in [0.3, 0.4) is 0 Å². The van der Waals surface area contributed by atoms with Crippen LogP contribution in [0.25, 0.3) is 0 Å². The van der Waals surface area contributed by atoms with E-state index in [0.717, 1.165) is 6.42 Å². The summed E-state index contributed by atoms with van der Waals surface area (Å²) in [5.74, 6) is 0. The Morgan fingerprint density at radius 2 is 2.47 bits per heavy atom. The molecule has 1 aromatic rings. The van der Waals surface area contributed by atoms with Crippen LogP contribution in [0.5, 0.6) is 0 Å². The number of ether oxygens (including phenoxy) is 1. The molecule has 0 radical (unpaired) electrons. The van der Waals surface area contributed by atoms with Gasteiger partial charge in [0, 0.05) is 12.8 Å². The van der Waals surface area contributed by atoms with E-state index < -0.39 is 12.3 Å². The molecule has 6 heteroatoms. The Balaban J connectivity index is 2.52. The molecule has 0 bridgehead atoms. The van der Waals surface area contributed by atoms with E-state index in [1.165, 1.54) is 6.20 Å². The first-order valence-corrected chi connectivity index (χ1v) is 5.11. The third-order valence-corrected chi connectivity index (χ3v) is 2.85. The van der Waals surface area contributed by atoms with Gasteiger partial charge in [-0.1, -0.05) is 0 Å². The number of aromatic nitrogens is 2. The Morgan fingerprint density at radius 3 is 3.00 bits per heavy atom. The van der Waals surface area contributed by atoms with E-state index in [0.29, 0.717) is 13.0 Å². The van der Waals surface area contributed by atoms with Crippen LogP contribution in [-0.2, 0) is 10.3 Å². The van der Waals surface area contributed by atoms with Gasteiger partial charge in [-0.15, -0.1) is 0 Å². The smallest absolute Gasteiger partial charge is 0.257 e. The first-order valence-electron chi connectivity index (χ1n) is 4.70. The van der Waals surface area contributed by atoms with Crippen molar-refractivity contribution < 1.29 is 9.13 Å². The maximum absolute atomic E-state index is 13.0. The quantitative estimate of drug-likeness (QED) is 0.755. The van der Waals surface area contributed by atoms with E-state index in [1.807, 2.05) is 0 Å². The summed E-state index contributed by atoms with van der Waals surface area (Å²) in [6.45, 7) is -0.209. The van der Waals surface area contributed by atoms with Crippen LogP contribution in [0.15, 0.2) is 11.0 Å². The molecular weight excluding hydrogens is 219 g/mol. The van der Waals surface area contributed by atoms with Crippen molar-refractivity contribution >= 4 is 12.2 Å². The Bertz CT molecular complexity index is 462. The molecule has 1 aliphatic rings. The van der Waals surface area contributed by atoms with Crippen LogP contribution in [0.1, 0.15) is 18.4 Å². The first kappa shape index (κ1) is 10.5. The van der Waals surface area contributed by atoms with Crippen molar-refractivity contribution in [1.82, 2.24) is 9.97 Å². The lowest BCUT2D eigenvalue weighted by atomic mass is 9.94. The molecule has 15 heavy (non-hydrogen) atoms. The van der Waals surface area contributed by atoms with E-state index in [4.69, 9.17) is 17.0 Å². The van der Waals surface area contributed by atoms with E-state index in [-0.39, 0.29) is 15.9 Å². The minimum atomic E-state index is -1.08. The second kappa shape index (κ2) is 3.86. The van der Waals surface area contributed by atoms with E-state index in [2.05, 4.69) is 9.97 Å². The lowest BCUT2D eigenvalue weighted by Crippen LogP contribution is -2.34. The number of hydrogen-bond donors (Lipinski definition) is 2. The molecule has 4 nitrogen and oxygen atoms in total. The van der Waals surface area contributed by atoms with Crippen LogP contribution >= 0.6 is 12.2 Å². The SMILES string of the molecule is O=c1[nH]c(=S)[nH]cc1C1(CF)CCCO1. The van der Waals surface area contributed by atoms with Gasteiger partial charge in [0.25, 0.3) is 5.56 Å². The van der Waals surface area contributed by atoms with Gasteiger partial charge in [0.05, 0.1) is 5.56 Å². The second-order valence-corrected chi connectivity index (χ2v) is 3.97. The summed E-state index contributed by atoms with van der Waals surface area (Å²) < 4.78 is 18.6. The molecular formula is C9H11FN2O2S. The summed E-state index contributed by atoms with van der Waals surface area (Å²) in [6.07, 6.45) is 2.72. The van der Waals surface area contributed by atoms with E-state index in [1.54, 1.807) is 0 Å². The van der Waals surface area contributed by atoms with E-state index >= 15 is 0 Å². The van der Waals surface area contributed by atoms with Gasteiger partial charge in [-0.3, -0.25) is 9.78 Å². The largest absolute Gasteiger partial charge is 0.367 e. The van der Waals surface area contributed by atoms with Gasteiger partial charge in [0.15, 0.2) is 4.77 Å². The summed E-state index contributed by atoms with van der Waals surface area (Å²) in [6, 6.07) is 0. The van der Waals surface area contributed by atoms with Crippen molar-refractivity contribution in [2.75, 3.05) is 13.3 Å². The third-order valence-electron chi connectivity index (χ3n) is 2.63. The van der Waals surface area contributed by atoms with Crippen LogP contribution in [-0.4, -0.2) is 23.2 Å². The maximum Gasteiger partial charge on any atom is 0.257 e. The summed E-state index contributed by atoms with van der Waals surface area (Å²) >= 11 is 4.76. The zero-order valence-electron chi connectivity index (χ0n) is 8.01. The molecule has 1 saturated heterocycles. The summed E-state index contributed by atoms with van der Waals surface area (Å²) in [4.78, 5) is 16.7. The third kappa shape index (κ3) is 1.74. The standard InChI is InChI=1S/C9H11FN2O2S/c10-5-9(2-1-3-14-9)6-4-11-8(15)12-7(6)13/h4H,1-3,5H2,(H2,11,12,13,15). The van der Waals surface area contributed by atoms with Crippen molar-refractivity contribution in [2.45, 2.75) is 18.4 Å². The normalized spacial score (nSPS) is 25.7. The van der Waals surface area contributed by atoms with Gasteiger partial charge in [0.2, 0.25) is 0 Å². The predicted octanol–water partition coefficient (Wildman–Crippen LogP) is 1.41. The van der Waals surface area contributed by atoms with Gasteiger partial charge in [0.1, 0.15) is 12.3 Å². The van der Waals surface area contributed by atoms with Gasteiger partial charge < -0.3 is 9.72 Å². The van der Waals surface area contributed by atoms with Crippen LogP contribution < -0.4 is 5.56 Å². The topological polar surface area (TPSA) is 57.9 Å². The molecule has 82 valence electrons. The molecule has 2 N–H and O–H groups in total. The van der Waals surface area contributed by atoms with Crippen LogP contribution in [0.2, 0.25) is 0 Å². The van der Waals surface area contributed by atoms with Gasteiger partial charge in [-0.05, 0) is 25.1 Å². The summed E-state index contributed by atoms with van der Waals surface area (Å²) in [5, 5.41) is 0. The van der Waals surface area contributed by atoms with Gasteiger partial charge in [-0.25, -0.2) is 4.39 Å². The van der Waals surface area contributed by atoms with Crippen molar-refractivity contribution in [3.8, 4) is 0 Å². The fourth-order valence-electron chi connectivity index (χ4n) is 1.84. The minimum absolute atomic E-state index is 0.232. The van der Waals surface area contributed by atoms with Crippen molar-refractivity contribution in [1.29, 1.82) is 0 Å². The highest BCUT2D eigenvalue weighted by Gasteiger charge is 2.39. The summed E-state index contributed by atoms with van der Waals surface area (Å²) in [7, 11) is 0. The number of H-pyrrole nitrogens is 2. The molecule has 0 aliphatic carbocycles. The highest BCUT2D eigenvalue weighted by molar-refractivity contribution is 7.71. The average molecular weight is 230 g/mol. The molecule has 2 rings (SSSR count). The molecule has 0 saturated carbocycles. The molecule has 1 unspecified atom stereocenters. The highest BCUT2D eigenvalue weighted by Crippen LogP contribution is 2.34. The number of nitrogens with one attached hydrogen (secondary N) is 2. The summed E-state index contributed by atoms with van der Waals surface area (Å²) in [5.41, 5.74) is -1.16. The Morgan fingerprint density at radius 1 is 1.67 bits per heavy atom. The minimum Gasteiger partial charge on any atom is -0.367 e. The van der Waals surface area contributed by atoms with Gasteiger partial charge in [-0.2, -0.15) is 0 Å². The monoisotopic (exact) mass is 230 g/mol. The molecule has 1 atom stereocenters. The molecule has 0 amide bonds. The van der Waals surface area contributed by atoms with Crippen LogP contribution in [0, 0.1) is 4.77 Å². The lowest BCUT2D eigenvalue weighted by Gasteiger charge is -2.23. The Labute approximate surface area is 90.5 Å². The molecule has 1 aromatic heterocycles. The van der Waals surface area contributed by atoms with Crippen LogP contribution in [0.4, 0.5) is 4.39 Å².